The predicted molar refractivity (Wildman–Crippen MR) is 138 cm³/mol. The molecule has 0 bridgehead atoms. The molecule has 0 saturated heterocycles. The van der Waals surface area contributed by atoms with Crippen molar-refractivity contribution in [3.63, 3.8) is 0 Å². The molecule has 0 saturated carbocycles. The molecule has 0 radical (unpaired) electrons. The third kappa shape index (κ3) is 5.44. The van der Waals surface area contributed by atoms with Gasteiger partial charge in [0.15, 0.2) is 0 Å². The van der Waals surface area contributed by atoms with Gasteiger partial charge in [0.1, 0.15) is 22.6 Å². The van der Waals surface area contributed by atoms with Gasteiger partial charge in [-0.1, -0.05) is 12.1 Å². The number of carbonyl (C=O) groups is 2. The van der Waals surface area contributed by atoms with Crippen LogP contribution in [0, 0.1) is 0 Å². The summed E-state index contributed by atoms with van der Waals surface area (Å²) in [5.41, 5.74) is 3.27. The summed E-state index contributed by atoms with van der Waals surface area (Å²) in [5.74, 6) is 0.347. The number of carbonyl (C=O) groups excluding carboxylic acids is 2. The molecule has 10 heteroatoms. The van der Waals surface area contributed by atoms with Crippen LogP contribution in [0.5, 0.6) is 0 Å². The van der Waals surface area contributed by atoms with Crippen molar-refractivity contribution in [1.82, 2.24) is 25.6 Å². The lowest BCUT2D eigenvalue weighted by atomic mass is 9.89. The minimum absolute atomic E-state index is 0.275. The largest absolute Gasteiger partial charge is 0.468 e. The highest BCUT2D eigenvalue weighted by atomic mass is 16.5. The van der Waals surface area contributed by atoms with Crippen LogP contribution in [0.1, 0.15) is 48.0 Å². The Kier molecular flexibility index (Phi) is 7.44. The average Bonchev–Trinajstić information content (AvgIpc) is 2.88. The molecular formula is C26H31N7O3. The van der Waals surface area contributed by atoms with Gasteiger partial charge in [0.25, 0.3) is 5.91 Å². The number of methoxy groups -OCH3 is 1. The van der Waals surface area contributed by atoms with E-state index in [4.69, 9.17) is 4.74 Å². The van der Waals surface area contributed by atoms with Gasteiger partial charge in [0.2, 0.25) is 5.95 Å². The Bertz CT molecular complexity index is 1280. The molecule has 1 aromatic carbocycles. The average molecular weight is 490 g/mol. The molecule has 0 atom stereocenters. The Hall–Kier alpha value is -4.05. The lowest BCUT2D eigenvalue weighted by Crippen LogP contribution is -2.31. The molecule has 0 fully saturated rings. The monoisotopic (exact) mass is 489 g/mol. The number of pyridine rings is 1. The number of anilines is 4. The van der Waals surface area contributed by atoms with Crippen molar-refractivity contribution >= 4 is 35.1 Å². The molecule has 0 aliphatic carbocycles. The van der Waals surface area contributed by atoms with Crippen molar-refractivity contribution in [3.05, 3.63) is 65.0 Å². The highest BCUT2D eigenvalue weighted by Crippen LogP contribution is 2.27. The molecule has 1 amide bonds. The summed E-state index contributed by atoms with van der Waals surface area (Å²) in [5, 5.41) is 12.5. The van der Waals surface area contributed by atoms with E-state index in [0.29, 0.717) is 29.8 Å². The summed E-state index contributed by atoms with van der Waals surface area (Å²) in [6.45, 7) is 7.58. The standard InChI is InChI=1S/C26H31N7O3/c1-5-28-23(34)19-15-29-25(30-18-10-9-16-11-12-27-14-17(16)13-18)33-22(19)32-21-8-6-7-20(31-21)26(2,3)24(35)36-4/h6-10,13,15,27H,5,11-12,14H2,1-4H3,(H,28,34)(H2,29,30,31,32,33). The Morgan fingerprint density at radius 1 is 1.11 bits per heavy atom. The Morgan fingerprint density at radius 2 is 1.94 bits per heavy atom. The molecule has 4 rings (SSSR count). The van der Waals surface area contributed by atoms with Gasteiger partial charge in [-0.3, -0.25) is 9.59 Å². The van der Waals surface area contributed by atoms with E-state index in [0.717, 1.165) is 25.2 Å². The molecule has 1 aliphatic rings. The van der Waals surface area contributed by atoms with Gasteiger partial charge < -0.3 is 26.0 Å². The van der Waals surface area contributed by atoms with Gasteiger partial charge >= 0.3 is 5.97 Å². The molecule has 3 aromatic rings. The Labute approximate surface area is 210 Å². The maximum absolute atomic E-state index is 12.7. The predicted octanol–water partition coefficient (Wildman–Crippen LogP) is 3.20. The zero-order valence-electron chi connectivity index (χ0n) is 20.9. The van der Waals surface area contributed by atoms with Crippen LogP contribution in [-0.4, -0.2) is 47.0 Å². The van der Waals surface area contributed by atoms with E-state index < -0.39 is 11.4 Å². The molecule has 10 nitrogen and oxygen atoms in total. The summed E-state index contributed by atoms with van der Waals surface area (Å²) in [6, 6.07) is 11.5. The molecule has 2 aromatic heterocycles. The summed E-state index contributed by atoms with van der Waals surface area (Å²) in [6.07, 6.45) is 2.48. The zero-order chi connectivity index (χ0) is 25.7. The van der Waals surface area contributed by atoms with Crippen molar-refractivity contribution < 1.29 is 14.3 Å². The van der Waals surface area contributed by atoms with Crippen molar-refractivity contribution in [2.24, 2.45) is 0 Å². The van der Waals surface area contributed by atoms with Crippen molar-refractivity contribution in [2.75, 3.05) is 30.8 Å². The number of rotatable bonds is 8. The smallest absolute Gasteiger partial charge is 0.317 e. The summed E-state index contributed by atoms with van der Waals surface area (Å²) in [7, 11) is 1.35. The Morgan fingerprint density at radius 3 is 2.72 bits per heavy atom. The lowest BCUT2D eigenvalue weighted by molar-refractivity contribution is -0.146. The molecule has 36 heavy (non-hydrogen) atoms. The van der Waals surface area contributed by atoms with E-state index in [9.17, 15) is 9.59 Å². The molecule has 4 N–H and O–H groups in total. The minimum atomic E-state index is -0.950. The number of nitrogens with zero attached hydrogens (tertiary/aromatic N) is 3. The van der Waals surface area contributed by atoms with Crippen LogP contribution in [0.4, 0.5) is 23.3 Å². The number of aromatic nitrogens is 3. The molecule has 0 unspecified atom stereocenters. The second-order valence-corrected chi connectivity index (χ2v) is 9.00. The number of esters is 1. The van der Waals surface area contributed by atoms with E-state index in [2.05, 4.69) is 48.4 Å². The molecular weight excluding hydrogens is 458 g/mol. The van der Waals surface area contributed by atoms with Gasteiger partial charge in [-0.15, -0.1) is 0 Å². The van der Waals surface area contributed by atoms with Crippen LogP contribution < -0.4 is 21.3 Å². The van der Waals surface area contributed by atoms with E-state index in [1.54, 1.807) is 32.0 Å². The fourth-order valence-electron chi connectivity index (χ4n) is 3.98. The van der Waals surface area contributed by atoms with Crippen LogP contribution in [0.3, 0.4) is 0 Å². The molecule has 3 heterocycles. The topological polar surface area (TPSA) is 130 Å². The Balaban J connectivity index is 1.65. The van der Waals surface area contributed by atoms with Gasteiger partial charge in [-0.2, -0.15) is 4.98 Å². The number of hydrogen-bond donors (Lipinski definition) is 4. The number of nitrogens with one attached hydrogen (secondary N) is 4. The maximum Gasteiger partial charge on any atom is 0.317 e. The number of hydrogen-bond acceptors (Lipinski definition) is 9. The van der Waals surface area contributed by atoms with Crippen molar-refractivity contribution in [3.8, 4) is 0 Å². The summed E-state index contributed by atoms with van der Waals surface area (Å²) in [4.78, 5) is 38.5. The van der Waals surface area contributed by atoms with E-state index >= 15 is 0 Å². The highest BCUT2D eigenvalue weighted by Gasteiger charge is 2.32. The summed E-state index contributed by atoms with van der Waals surface area (Å²) >= 11 is 0. The van der Waals surface area contributed by atoms with E-state index in [1.807, 2.05) is 13.0 Å². The van der Waals surface area contributed by atoms with E-state index in [-0.39, 0.29) is 11.5 Å². The van der Waals surface area contributed by atoms with Gasteiger partial charge in [-0.25, -0.2) is 9.97 Å². The second kappa shape index (κ2) is 10.7. The second-order valence-electron chi connectivity index (χ2n) is 9.00. The van der Waals surface area contributed by atoms with E-state index in [1.165, 1.54) is 24.4 Å². The van der Waals surface area contributed by atoms with Crippen molar-refractivity contribution in [2.45, 2.75) is 39.2 Å². The minimum Gasteiger partial charge on any atom is -0.468 e. The lowest BCUT2D eigenvalue weighted by Gasteiger charge is -2.21. The molecule has 1 aliphatic heterocycles. The van der Waals surface area contributed by atoms with Crippen molar-refractivity contribution in [1.29, 1.82) is 0 Å². The third-order valence-electron chi connectivity index (χ3n) is 6.05. The van der Waals surface area contributed by atoms with Gasteiger partial charge in [-0.05, 0) is 69.1 Å². The fraction of sp³-hybridized carbons (Fsp3) is 0.346. The first-order chi connectivity index (χ1) is 17.3. The van der Waals surface area contributed by atoms with Crippen LogP contribution in [0.25, 0.3) is 0 Å². The molecule has 0 spiro atoms. The highest BCUT2D eigenvalue weighted by molar-refractivity contribution is 5.99. The van der Waals surface area contributed by atoms with Crippen LogP contribution >= 0.6 is 0 Å². The van der Waals surface area contributed by atoms with Gasteiger partial charge in [0, 0.05) is 25.0 Å². The number of fused-ring (bicyclic) bond motifs is 1. The first-order valence-electron chi connectivity index (χ1n) is 11.9. The fourth-order valence-corrected chi connectivity index (χ4v) is 3.98. The third-order valence-corrected chi connectivity index (χ3v) is 6.05. The number of ether oxygens (including phenoxy) is 1. The van der Waals surface area contributed by atoms with Crippen LogP contribution in [0.15, 0.2) is 42.6 Å². The SMILES string of the molecule is CCNC(=O)c1cnc(Nc2ccc3c(c2)CNCC3)nc1Nc1cccc(C(C)(C)C(=O)OC)n1. The quantitative estimate of drug-likeness (QED) is 0.352. The molecule has 188 valence electrons. The first-order valence-corrected chi connectivity index (χ1v) is 11.9. The summed E-state index contributed by atoms with van der Waals surface area (Å²) < 4.78 is 4.93. The van der Waals surface area contributed by atoms with Crippen LogP contribution in [0.2, 0.25) is 0 Å². The zero-order valence-corrected chi connectivity index (χ0v) is 20.9. The van der Waals surface area contributed by atoms with Crippen LogP contribution in [-0.2, 0) is 27.9 Å². The normalized spacial score (nSPS) is 12.9. The maximum atomic E-state index is 12.7. The number of benzene rings is 1. The first kappa shape index (κ1) is 25.1. The van der Waals surface area contributed by atoms with Gasteiger partial charge in [0.05, 0.1) is 12.8 Å². The number of amides is 1.